The number of carbonyl (C=O) groups is 2. The zero-order valence-electron chi connectivity index (χ0n) is 25.3. The molecular formula is C36H38ClN3O4S. The smallest absolute Gasteiger partial charge is 0.264 e. The summed E-state index contributed by atoms with van der Waals surface area (Å²) in [7, 11) is -4.14. The lowest BCUT2D eigenvalue weighted by molar-refractivity contribution is -0.140. The fraction of sp³-hybridized carbons (Fsp3) is 0.278. The molecule has 4 aromatic rings. The number of amides is 2. The monoisotopic (exact) mass is 643 g/mol. The van der Waals surface area contributed by atoms with Crippen molar-refractivity contribution in [3.05, 3.63) is 131 Å². The molecule has 0 heterocycles. The van der Waals surface area contributed by atoms with Gasteiger partial charge in [0.05, 0.1) is 10.6 Å². The van der Waals surface area contributed by atoms with Crippen LogP contribution in [0, 0.1) is 6.92 Å². The third-order valence-electron chi connectivity index (χ3n) is 8.17. The van der Waals surface area contributed by atoms with Crippen LogP contribution in [0.1, 0.15) is 42.4 Å². The molecule has 1 saturated carbocycles. The molecule has 0 aromatic heterocycles. The molecule has 45 heavy (non-hydrogen) atoms. The van der Waals surface area contributed by atoms with Gasteiger partial charge >= 0.3 is 0 Å². The van der Waals surface area contributed by atoms with Crippen LogP contribution in [-0.4, -0.2) is 43.8 Å². The van der Waals surface area contributed by atoms with Crippen LogP contribution in [0.15, 0.2) is 114 Å². The number of nitrogens with zero attached hydrogens (tertiary/aromatic N) is 2. The Morgan fingerprint density at radius 3 is 2.18 bits per heavy atom. The van der Waals surface area contributed by atoms with E-state index in [0.29, 0.717) is 16.3 Å². The first-order chi connectivity index (χ1) is 21.7. The van der Waals surface area contributed by atoms with Crippen molar-refractivity contribution in [2.45, 2.75) is 62.6 Å². The van der Waals surface area contributed by atoms with Gasteiger partial charge < -0.3 is 10.2 Å². The topological polar surface area (TPSA) is 86.8 Å². The molecule has 1 aliphatic rings. The van der Waals surface area contributed by atoms with Crippen LogP contribution in [-0.2, 0) is 32.6 Å². The number of nitrogens with one attached hydrogen (secondary N) is 1. The first-order valence-corrected chi connectivity index (χ1v) is 17.1. The molecule has 9 heteroatoms. The molecule has 1 atom stereocenters. The fourth-order valence-corrected chi connectivity index (χ4v) is 7.39. The van der Waals surface area contributed by atoms with E-state index >= 15 is 0 Å². The number of benzene rings is 4. The fourth-order valence-electron chi connectivity index (χ4n) is 5.76. The molecular weight excluding hydrogens is 606 g/mol. The Morgan fingerprint density at radius 2 is 1.51 bits per heavy atom. The Balaban J connectivity index is 1.57. The van der Waals surface area contributed by atoms with Gasteiger partial charge in [0.2, 0.25) is 11.8 Å². The van der Waals surface area contributed by atoms with E-state index in [0.717, 1.165) is 41.1 Å². The molecule has 0 aliphatic heterocycles. The number of aryl methyl sites for hydroxylation is 1. The van der Waals surface area contributed by atoms with Crippen LogP contribution < -0.4 is 9.62 Å². The van der Waals surface area contributed by atoms with Crippen LogP contribution >= 0.6 is 11.6 Å². The molecule has 1 fully saturated rings. The predicted molar refractivity (Wildman–Crippen MR) is 178 cm³/mol. The number of hydrogen-bond donors (Lipinski definition) is 1. The van der Waals surface area contributed by atoms with E-state index in [4.69, 9.17) is 11.6 Å². The minimum absolute atomic E-state index is 0.0289. The maximum Gasteiger partial charge on any atom is 0.264 e. The summed E-state index contributed by atoms with van der Waals surface area (Å²) in [6.07, 6.45) is 4.11. The first-order valence-electron chi connectivity index (χ1n) is 15.2. The van der Waals surface area contributed by atoms with Gasteiger partial charge in [0.25, 0.3) is 10.0 Å². The van der Waals surface area contributed by atoms with E-state index in [9.17, 15) is 18.0 Å². The summed E-state index contributed by atoms with van der Waals surface area (Å²) >= 11 is 6.58. The quantitative estimate of drug-likeness (QED) is 0.190. The number of carbonyl (C=O) groups excluding carboxylic acids is 2. The van der Waals surface area contributed by atoms with Gasteiger partial charge in [-0.2, -0.15) is 0 Å². The second-order valence-corrected chi connectivity index (χ2v) is 13.7. The molecule has 0 radical (unpaired) electrons. The third kappa shape index (κ3) is 8.12. The van der Waals surface area contributed by atoms with Crippen molar-refractivity contribution in [1.29, 1.82) is 0 Å². The summed E-state index contributed by atoms with van der Waals surface area (Å²) in [6, 6.07) is 31.0. The third-order valence-corrected chi connectivity index (χ3v) is 10.3. The van der Waals surface area contributed by atoms with E-state index in [1.165, 1.54) is 17.0 Å². The highest BCUT2D eigenvalue weighted by Gasteiger charge is 2.35. The Kier molecular flexibility index (Phi) is 10.6. The zero-order valence-corrected chi connectivity index (χ0v) is 26.9. The Morgan fingerprint density at radius 1 is 0.867 bits per heavy atom. The summed E-state index contributed by atoms with van der Waals surface area (Å²) in [6.45, 7) is 1.39. The van der Waals surface area contributed by atoms with Gasteiger partial charge in [-0.1, -0.05) is 103 Å². The average molecular weight is 644 g/mol. The molecule has 234 valence electrons. The highest BCUT2D eigenvalue weighted by molar-refractivity contribution is 7.92. The van der Waals surface area contributed by atoms with Crippen LogP contribution in [0.5, 0.6) is 0 Å². The van der Waals surface area contributed by atoms with Crippen LogP contribution in [0.2, 0.25) is 5.02 Å². The van der Waals surface area contributed by atoms with Crippen molar-refractivity contribution in [3.8, 4) is 0 Å². The summed E-state index contributed by atoms with van der Waals surface area (Å²) < 4.78 is 29.3. The zero-order chi connectivity index (χ0) is 31.8. The minimum Gasteiger partial charge on any atom is -0.352 e. The highest BCUT2D eigenvalue weighted by Crippen LogP contribution is 2.27. The Bertz CT molecular complexity index is 1710. The molecule has 0 saturated heterocycles. The highest BCUT2D eigenvalue weighted by atomic mass is 35.5. The van der Waals surface area contributed by atoms with Crippen molar-refractivity contribution >= 4 is 39.1 Å². The van der Waals surface area contributed by atoms with Crippen molar-refractivity contribution in [2.75, 3.05) is 10.8 Å². The second kappa shape index (κ2) is 14.8. The van der Waals surface area contributed by atoms with Gasteiger partial charge in [0.1, 0.15) is 12.6 Å². The van der Waals surface area contributed by atoms with Crippen LogP contribution in [0.3, 0.4) is 0 Å². The minimum atomic E-state index is -4.14. The average Bonchev–Trinajstić information content (AvgIpc) is 3.56. The molecule has 1 unspecified atom stereocenters. The molecule has 7 nitrogen and oxygen atoms in total. The molecule has 5 rings (SSSR count). The molecule has 1 N–H and O–H groups in total. The SMILES string of the molecule is Cc1cccc(N(CC(=O)N(Cc2ccccc2Cl)C(Cc2ccccc2)C(=O)NC2CCCC2)S(=O)(=O)c2ccccc2)c1. The summed E-state index contributed by atoms with van der Waals surface area (Å²) in [5.74, 6) is -0.780. The number of anilines is 1. The van der Waals surface area contributed by atoms with Crippen LogP contribution in [0.25, 0.3) is 0 Å². The molecule has 2 amide bonds. The van der Waals surface area contributed by atoms with Crippen molar-refractivity contribution in [3.63, 3.8) is 0 Å². The summed E-state index contributed by atoms with van der Waals surface area (Å²) in [4.78, 5) is 30.2. The molecule has 1 aliphatic carbocycles. The molecule has 0 bridgehead atoms. The Hall–Kier alpha value is -4.14. The van der Waals surface area contributed by atoms with E-state index < -0.39 is 28.5 Å². The first kappa shape index (κ1) is 32.3. The molecule has 0 spiro atoms. The summed E-state index contributed by atoms with van der Waals surface area (Å²) in [5, 5.41) is 3.64. The van der Waals surface area contributed by atoms with Crippen molar-refractivity contribution < 1.29 is 18.0 Å². The number of rotatable bonds is 12. The Labute approximate surface area is 270 Å². The number of halogens is 1. The van der Waals surface area contributed by atoms with Gasteiger partial charge in [-0.25, -0.2) is 8.42 Å². The van der Waals surface area contributed by atoms with E-state index in [-0.39, 0.29) is 29.8 Å². The van der Waals surface area contributed by atoms with Gasteiger partial charge in [-0.3, -0.25) is 13.9 Å². The van der Waals surface area contributed by atoms with E-state index in [2.05, 4.69) is 5.32 Å². The van der Waals surface area contributed by atoms with Crippen LogP contribution in [0.4, 0.5) is 5.69 Å². The lowest BCUT2D eigenvalue weighted by atomic mass is 10.0. The van der Waals surface area contributed by atoms with Gasteiger partial charge in [0.15, 0.2) is 0 Å². The maximum absolute atomic E-state index is 14.6. The van der Waals surface area contributed by atoms with Gasteiger partial charge in [0, 0.05) is 24.0 Å². The largest absolute Gasteiger partial charge is 0.352 e. The number of sulfonamides is 1. The normalized spacial score (nSPS) is 14.1. The summed E-state index contributed by atoms with van der Waals surface area (Å²) in [5.41, 5.74) is 2.75. The lowest BCUT2D eigenvalue weighted by Crippen LogP contribution is -2.54. The molecule has 4 aromatic carbocycles. The lowest BCUT2D eigenvalue weighted by Gasteiger charge is -2.34. The van der Waals surface area contributed by atoms with Gasteiger partial charge in [-0.05, 0) is 66.8 Å². The van der Waals surface area contributed by atoms with Crippen molar-refractivity contribution in [2.24, 2.45) is 0 Å². The van der Waals surface area contributed by atoms with Crippen molar-refractivity contribution in [1.82, 2.24) is 10.2 Å². The standard InChI is InChI=1S/C36H38ClN3O4S/c1-27-13-12-19-31(23-27)40(45(43,44)32-20-6-3-7-21-32)26-35(41)39(25-29-16-8-11-22-33(29)37)34(24-28-14-4-2-5-15-28)36(42)38-30-17-9-10-18-30/h2-8,11-16,19-23,30,34H,9-10,17-18,24-26H2,1H3,(H,38,42). The van der Waals surface area contributed by atoms with E-state index in [1.807, 2.05) is 55.5 Å². The van der Waals surface area contributed by atoms with E-state index in [1.54, 1.807) is 48.5 Å². The number of hydrogen-bond acceptors (Lipinski definition) is 4. The second-order valence-electron chi connectivity index (χ2n) is 11.5. The van der Waals surface area contributed by atoms with Gasteiger partial charge in [-0.15, -0.1) is 0 Å². The maximum atomic E-state index is 14.6. The predicted octanol–water partition coefficient (Wildman–Crippen LogP) is 6.54.